The van der Waals surface area contributed by atoms with E-state index >= 15 is 0 Å². The molecule has 2 aromatic rings. The largest absolute Gasteiger partial charge is 0.481 e. The lowest BCUT2D eigenvalue weighted by atomic mass is 9.90. The normalized spacial score (nSPS) is 16.5. The number of hydrogen-bond acceptors (Lipinski definition) is 2. The molecule has 1 aliphatic heterocycles. The highest BCUT2D eigenvalue weighted by molar-refractivity contribution is 5.81. The molecule has 3 rings (SSSR count). The molecule has 3 nitrogen and oxygen atoms in total. The van der Waals surface area contributed by atoms with Crippen LogP contribution in [-0.4, -0.2) is 30.0 Å². The lowest BCUT2D eigenvalue weighted by Gasteiger charge is -2.33. The summed E-state index contributed by atoms with van der Waals surface area (Å²) in [6.07, 6.45) is 2.55. The van der Waals surface area contributed by atoms with Crippen molar-refractivity contribution in [2.75, 3.05) is 13.1 Å². The molecular weight excluding hydrogens is 317 g/mol. The molecule has 0 aromatic heterocycles. The number of amides is 1. The van der Waals surface area contributed by atoms with Gasteiger partial charge in [0, 0.05) is 13.1 Å². The fourth-order valence-electron chi connectivity index (χ4n) is 3.33. The van der Waals surface area contributed by atoms with Crippen LogP contribution in [0.1, 0.15) is 25.3 Å². The number of halogens is 1. The van der Waals surface area contributed by atoms with Gasteiger partial charge in [0.25, 0.3) is 5.91 Å². The first kappa shape index (κ1) is 17.5. The first-order valence-corrected chi connectivity index (χ1v) is 8.87. The highest BCUT2D eigenvalue weighted by Gasteiger charge is 2.27. The van der Waals surface area contributed by atoms with E-state index in [2.05, 4.69) is 24.3 Å². The summed E-state index contributed by atoms with van der Waals surface area (Å²) in [7, 11) is 0. The number of benzene rings is 2. The van der Waals surface area contributed by atoms with Crippen LogP contribution in [0.3, 0.4) is 0 Å². The van der Waals surface area contributed by atoms with Crippen LogP contribution in [0.2, 0.25) is 0 Å². The highest BCUT2D eigenvalue weighted by Crippen LogP contribution is 2.23. The molecule has 0 bridgehead atoms. The molecule has 25 heavy (non-hydrogen) atoms. The summed E-state index contributed by atoms with van der Waals surface area (Å²) in [5.41, 5.74) is 1.36. The molecule has 0 aliphatic carbocycles. The molecule has 4 heteroatoms. The fourth-order valence-corrected chi connectivity index (χ4v) is 3.33. The smallest absolute Gasteiger partial charge is 0.263 e. The van der Waals surface area contributed by atoms with Crippen molar-refractivity contribution in [3.05, 3.63) is 66.0 Å². The van der Waals surface area contributed by atoms with Gasteiger partial charge in [0.2, 0.25) is 0 Å². The van der Waals surface area contributed by atoms with Gasteiger partial charge in [-0.2, -0.15) is 0 Å². The molecule has 2 aromatic carbocycles. The first-order valence-electron chi connectivity index (χ1n) is 8.87. The van der Waals surface area contributed by atoms with Crippen molar-refractivity contribution in [1.82, 2.24) is 4.90 Å². The average Bonchev–Trinajstić information content (AvgIpc) is 2.64. The van der Waals surface area contributed by atoms with Crippen molar-refractivity contribution in [3.63, 3.8) is 0 Å². The number of carbonyl (C=O) groups is 1. The maximum atomic E-state index is 12.9. The molecule has 0 radical (unpaired) electrons. The van der Waals surface area contributed by atoms with E-state index in [1.807, 2.05) is 11.0 Å². The summed E-state index contributed by atoms with van der Waals surface area (Å²) in [6.45, 7) is 3.29. The Labute approximate surface area is 148 Å². The van der Waals surface area contributed by atoms with Gasteiger partial charge in [-0.25, -0.2) is 4.39 Å². The molecule has 0 unspecified atom stereocenters. The molecule has 0 spiro atoms. The number of piperidine rings is 1. The van der Waals surface area contributed by atoms with Gasteiger partial charge >= 0.3 is 0 Å². The van der Waals surface area contributed by atoms with Crippen LogP contribution in [0.15, 0.2) is 54.6 Å². The minimum absolute atomic E-state index is 0.00230. The van der Waals surface area contributed by atoms with Crippen LogP contribution in [0.25, 0.3) is 0 Å². The third kappa shape index (κ3) is 4.81. The van der Waals surface area contributed by atoms with Crippen LogP contribution in [0.4, 0.5) is 4.39 Å². The van der Waals surface area contributed by atoms with E-state index in [0.29, 0.717) is 11.7 Å². The second kappa shape index (κ2) is 8.15. The minimum Gasteiger partial charge on any atom is -0.481 e. The second-order valence-corrected chi connectivity index (χ2v) is 6.67. The van der Waals surface area contributed by atoms with Crippen molar-refractivity contribution >= 4 is 5.91 Å². The molecule has 1 amide bonds. The van der Waals surface area contributed by atoms with E-state index < -0.39 is 6.10 Å². The standard InChI is InChI=1S/C21H24FNO2/c1-16(25-20-9-7-19(22)8-10-20)21(24)23-13-11-18(12-14-23)15-17-5-3-2-4-6-17/h2-10,16,18H,11-15H2,1H3/t16-/m0/s1. The van der Waals surface area contributed by atoms with Crippen LogP contribution >= 0.6 is 0 Å². The third-order valence-electron chi connectivity index (χ3n) is 4.77. The average molecular weight is 341 g/mol. The minimum atomic E-state index is -0.559. The van der Waals surface area contributed by atoms with E-state index in [9.17, 15) is 9.18 Å². The summed E-state index contributed by atoms with van der Waals surface area (Å²) in [6, 6.07) is 16.3. The summed E-state index contributed by atoms with van der Waals surface area (Å²) >= 11 is 0. The van der Waals surface area contributed by atoms with Crippen LogP contribution in [0, 0.1) is 11.7 Å². The quantitative estimate of drug-likeness (QED) is 0.820. The number of hydrogen-bond donors (Lipinski definition) is 0. The van der Waals surface area contributed by atoms with E-state index in [0.717, 1.165) is 32.4 Å². The summed E-state index contributed by atoms with van der Waals surface area (Å²) < 4.78 is 18.6. The molecule has 0 saturated carbocycles. The van der Waals surface area contributed by atoms with Gasteiger partial charge in [-0.3, -0.25) is 4.79 Å². The number of nitrogens with zero attached hydrogens (tertiary/aromatic N) is 1. The van der Waals surface area contributed by atoms with E-state index in [1.54, 1.807) is 19.1 Å². The molecule has 1 atom stereocenters. The molecule has 1 aliphatic rings. The molecule has 132 valence electrons. The van der Waals surface area contributed by atoms with Gasteiger partial charge < -0.3 is 9.64 Å². The summed E-state index contributed by atoms with van der Waals surface area (Å²) in [5, 5.41) is 0. The van der Waals surface area contributed by atoms with Crippen molar-refractivity contribution in [1.29, 1.82) is 0 Å². The first-order chi connectivity index (χ1) is 12.1. The monoisotopic (exact) mass is 341 g/mol. The predicted octanol–water partition coefficient (Wildman–Crippen LogP) is 4.07. The van der Waals surface area contributed by atoms with Crippen molar-refractivity contribution in [2.24, 2.45) is 5.92 Å². The summed E-state index contributed by atoms with van der Waals surface area (Å²) in [4.78, 5) is 14.4. The van der Waals surface area contributed by atoms with Gasteiger partial charge in [-0.05, 0) is 61.9 Å². The molecule has 1 saturated heterocycles. The van der Waals surface area contributed by atoms with Gasteiger partial charge in [0.15, 0.2) is 6.10 Å². The van der Waals surface area contributed by atoms with Gasteiger partial charge in [0.1, 0.15) is 11.6 Å². The summed E-state index contributed by atoms with van der Waals surface area (Å²) in [5.74, 6) is 0.829. The lowest BCUT2D eigenvalue weighted by Crippen LogP contribution is -2.45. The number of carbonyl (C=O) groups excluding carboxylic acids is 1. The Hall–Kier alpha value is -2.36. The highest BCUT2D eigenvalue weighted by atomic mass is 19.1. The zero-order valence-electron chi connectivity index (χ0n) is 14.5. The van der Waals surface area contributed by atoms with E-state index in [1.165, 1.54) is 17.7 Å². The maximum Gasteiger partial charge on any atom is 0.263 e. The predicted molar refractivity (Wildman–Crippen MR) is 95.9 cm³/mol. The van der Waals surface area contributed by atoms with Gasteiger partial charge in [-0.1, -0.05) is 30.3 Å². The van der Waals surface area contributed by atoms with Crippen molar-refractivity contribution in [2.45, 2.75) is 32.3 Å². The van der Waals surface area contributed by atoms with Gasteiger partial charge in [0.05, 0.1) is 0 Å². The molecular formula is C21H24FNO2. The Kier molecular flexibility index (Phi) is 5.69. The third-order valence-corrected chi connectivity index (χ3v) is 4.77. The van der Waals surface area contributed by atoms with Crippen molar-refractivity contribution < 1.29 is 13.9 Å². The van der Waals surface area contributed by atoms with Gasteiger partial charge in [-0.15, -0.1) is 0 Å². The van der Waals surface area contributed by atoms with E-state index in [4.69, 9.17) is 4.74 Å². The Morgan fingerprint density at radius 2 is 1.76 bits per heavy atom. The Morgan fingerprint density at radius 3 is 2.40 bits per heavy atom. The second-order valence-electron chi connectivity index (χ2n) is 6.67. The SMILES string of the molecule is C[C@H](Oc1ccc(F)cc1)C(=O)N1CCC(Cc2ccccc2)CC1. The van der Waals surface area contributed by atoms with Crippen LogP contribution in [-0.2, 0) is 11.2 Å². The topological polar surface area (TPSA) is 29.5 Å². The number of likely N-dealkylation sites (tertiary alicyclic amines) is 1. The lowest BCUT2D eigenvalue weighted by molar-refractivity contribution is -0.139. The fraction of sp³-hybridized carbons (Fsp3) is 0.381. The number of rotatable bonds is 5. The Bertz CT molecular complexity index is 679. The zero-order chi connectivity index (χ0) is 17.6. The van der Waals surface area contributed by atoms with Crippen LogP contribution < -0.4 is 4.74 Å². The van der Waals surface area contributed by atoms with Crippen LogP contribution in [0.5, 0.6) is 5.75 Å². The molecule has 1 fully saturated rings. The maximum absolute atomic E-state index is 12.9. The zero-order valence-corrected chi connectivity index (χ0v) is 14.5. The Morgan fingerprint density at radius 1 is 1.12 bits per heavy atom. The molecule has 0 N–H and O–H groups in total. The van der Waals surface area contributed by atoms with E-state index in [-0.39, 0.29) is 11.7 Å². The molecule has 1 heterocycles. The Balaban J connectivity index is 1.48. The number of ether oxygens (including phenoxy) is 1. The van der Waals surface area contributed by atoms with Crippen molar-refractivity contribution in [3.8, 4) is 5.75 Å².